The molecule has 1 heterocycles. The Bertz CT molecular complexity index is 625. The first kappa shape index (κ1) is 13.9. The van der Waals surface area contributed by atoms with Crippen molar-refractivity contribution in [3.05, 3.63) is 47.5 Å². The number of benzene rings is 1. The van der Waals surface area contributed by atoms with Crippen molar-refractivity contribution < 1.29 is 19.4 Å². The average Bonchev–Trinajstić information content (AvgIpc) is 2.39. The molecule has 0 saturated heterocycles. The Balaban J connectivity index is 2.19. The number of ether oxygens (including phenoxy) is 2. The molecule has 2 rings (SSSR count). The quantitative estimate of drug-likeness (QED) is 0.905. The summed E-state index contributed by atoms with van der Waals surface area (Å²) in [5.74, 6) is 0.474. The molecule has 1 aromatic carbocycles. The van der Waals surface area contributed by atoms with Gasteiger partial charge in [-0.1, -0.05) is 6.07 Å². The molecule has 0 amide bonds. The van der Waals surface area contributed by atoms with Crippen LogP contribution in [0.25, 0.3) is 0 Å². The highest BCUT2D eigenvalue weighted by atomic mass is 16.5. The second-order valence-corrected chi connectivity index (χ2v) is 4.13. The van der Waals surface area contributed by atoms with Crippen LogP contribution < -0.4 is 9.47 Å². The van der Waals surface area contributed by atoms with Gasteiger partial charge in [0.05, 0.1) is 12.2 Å². The van der Waals surface area contributed by atoms with Crippen LogP contribution in [0, 0.1) is 6.92 Å². The molecule has 0 radical (unpaired) electrons. The zero-order valence-electron chi connectivity index (χ0n) is 11.3. The van der Waals surface area contributed by atoms with Crippen LogP contribution >= 0.6 is 0 Å². The smallest absolute Gasteiger partial charge is 0.335 e. The van der Waals surface area contributed by atoms with Crippen LogP contribution in [0.5, 0.6) is 17.5 Å². The minimum Gasteiger partial charge on any atom is -0.478 e. The second kappa shape index (κ2) is 6.06. The number of carboxylic acids is 1. The van der Waals surface area contributed by atoms with Crippen LogP contribution in [0.3, 0.4) is 0 Å². The first-order chi connectivity index (χ1) is 9.60. The van der Waals surface area contributed by atoms with Gasteiger partial charge in [-0.2, -0.15) is 4.98 Å². The van der Waals surface area contributed by atoms with Crippen molar-refractivity contribution in [3.63, 3.8) is 0 Å². The summed E-state index contributed by atoms with van der Waals surface area (Å²) >= 11 is 0. The minimum atomic E-state index is -0.953. The molecule has 5 nitrogen and oxygen atoms in total. The van der Waals surface area contributed by atoms with E-state index in [1.807, 2.05) is 6.92 Å². The summed E-state index contributed by atoms with van der Waals surface area (Å²) in [7, 11) is 0. The Kier molecular flexibility index (Phi) is 4.20. The maximum Gasteiger partial charge on any atom is 0.335 e. The lowest BCUT2D eigenvalue weighted by Gasteiger charge is -2.08. The highest BCUT2D eigenvalue weighted by molar-refractivity contribution is 5.89. The normalized spacial score (nSPS) is 10.1. The number of hydrogen-bond donors (Lipinski definition) is 1. The van der Waals surface area contributed by atoms with Crippen molar-refractivity contribution in [2.75, 3.05) is 6.61 Å². The number of carbonyl (C=O) groups is 1. The van der Waals surface area contributed by atoms with Crippen LogP contribution in [0.1, 0.15) is 22.8 Å². The molecule has 0 bridgehead atoms. The van der Waals surface area contributed by atoms with Crippen LogP contribution in [0.2, 0.25) is 0 Å². The SMILES string of the molecule is CCOc1cccc(Oc2ccc(C(=O)O)c(C)c2)n1. The first-order valence-electron chi connectivity index (χ1n) is 6.22. The largest absolute Gasteiger partial charge is 0.478 e. The second-order valence-electron chi connectivity index (χ2n) is 4.13. The summed E-state index contributed by atoms with van der Waals surface area (Å²) in [4.78, 5) is 15.1. The fourth-order valence-electron chi connectivity index (χ4n) is 1.74. The van der Waals surface area contributed by atoms with Gasteiger partial charge in [0, 0.05) is 12.1 Å². The third-order valence-corrected chi connectivity index (χ3v) is 2.64. The molecule has 0 aliphatic rings. The van der Waals surface area contributed by atoms with Crippen molar-refractivity contribution in [1.29, 1.82) is 0 Å². The molecule has 1 N–H and O–H groups in total. The van der Waals surface area contributed by atoms with Crippen LogP contribution in [0.15, 0.2) is 36.4 Å². The maximum absolute atomic E-state index is 10.9. The van der Waals surface area contributed by atoms with Gasteiger partial charge in [0.1, 0.15) is 5.75 Å². The Hall–Kier alpha value is -2.56. The van der Waals surface area contributed by atoms with Crippen molar-refractivity contribution in [2.45, 2.75) is 13.8 Å². The summed E-state index contributed by atoms with van der Waals surface area (Å²) in [5, 5.41) is 8.97. The Morgan fingerprint density at radius 1 is 1.25 bits per heavy atom. The molecule has 1 aromatic heterocycles. The van der Waals surface area contributed by atoms with Gasteiger partial charge < -0.3 is 14.6 Å². The van der Waals surface area contributed by atoms with E-state index in [0.29, 0.717) is 29.7 Å². The van der Waals surface area contributed by atoms with Gasteiger partial charge in [-0.3, -0.25) is 0 Å². The van der Waals surface area contributed by atoms with E-state index >= 15 is 0 Å². The number of aryl methyl sites for hydroxylation is 1. The van der Waals surface area contributed by atoms with Gasteiger partial charge in [-0.05, 0) is 37.6 Å². The summed E-state index contributed by atoms with van der Waals surface area (Å²) in [6.07, 6.45) is 0. The molecule has 0 aliphatic carbocycles. The molecule has 0 saturated carbocycles. The first-order valence-corrected chi connectivity index (χ1v) is 6.22. The van der Waals surface area contributed by atoms with Crippen LogP contribution in [-0.2, 0) is 0 Å². The van der Waals surface area contributed by atoms with E-state index in [4.69, 9.17) is 14.6 Å². The van der Waals surface area contributed by atoms with Crippen molar-refractivity contribution in [3.8, 4) is 17.5 Å². The third kappa shape index (κ3) is 3.26. The van der Waals surface area contributed by atoms with Crippen molar-refractivity contribution in [1.82, 2.24) is 4.98 Å². The van der Waals surface area contributed by atoms with Gasteiger partial charge >= 0.3 is 5.97 Å². The van der Waals surface area contributed by atoms with Gasteiger partial charge in [-0.25, -0.2) is 4.79 Å². The molecule has 0 fully saturated rings. The molecule has 0 atom stereocenters. The van der Waals surface area contributed by atoms with Crippen molar-refractivity contribution >= 4 is 5.97 Å². The number of pyridine rings is 1. The number of hydrogen-bond acceptors (Lipinski definition) is 4. The fourth-order valence-corrected chi connectivity index (χ4v) is 1.74. The molecule has 20 heavy (non-hydrogen) atoms. The predicted molar refractivity (Wildman–Crippen MR) is 73.6 cm³/mol. The zero-order chi connectivity index (χ0) is 14.5. The standard InChI is InChI=1S/C15H15NO4/c1-3-19-13-5-4-6-14(16-13)20-11-7-8-12(15(17)18)10(2)9-11/h4-9H,3H2,1-2H3,(H,17,18). The summed E-state index contributed by atoms with van der Waals surface area (Å²) < 4.78 is 10.9. The number of aromatic nitrogens is 1. The van der Waals surface area contributed by atoms with Gasteiger partial charge in [0.15, 0.2) is 0 Å². The summed E-state index contributed by atoms with van der Waals surface area (Å²) in [5.41, 5.74) is 0.893. The van der Waals surface area contributed by atoms with Gasteiger partial charge in [0.25, 0.3) is 0 Å². The van der Waals surface area contributed by atoms with Crippen molar-refractivity contribution in [2.24, 2.45) is 0 Å². The van der Waals surface area contributed by atoms with E-state index < -0.39 is 5.97 Å². The number of carboxylic acid groups (broad SMARTS) is 1. The number of aromatic carboxylic acids is 1. The lowest BCUT2D eigenvalue weighted by atomic mass is 10.1. The lowest BCUT2D eigenvalue weighted by Crippen LogP contribution is -2.00. The Morgan fingerprint density at radius 3 is 2.65 bits per heavy atom. The predicted octanol–water partition coefficient (Wildman–Crippen LogP) is 3.28. The molecule has 2 aromatic rings. The minimum absolute atomic E-state index is 0.258. The molecule has 104 valence electrons. The average molecular weight is 273 g/mol. The van der Waals surface area contributed by atoms with E-state index in [1.54, 1.807) is 37.3 Å². The van der Waals surface area contributed by atoms with E-state index in [1.165, 1.54) is 6.07 Å². The Morgan fingerprint density at radius 2 is 2.00 bits per heavy atom. The molecular formula is C15H15NO4. The summed E-state index contributed by atoms with van der Waals surface area (Å²) in [6.45, 7) is 4.13. The van der Waals surface area contributed by atoms with E-state index in [9.17, 15) is 4.79 Å². The third-order valence-electron chi connectivity index (χ3n) is 2.64. The molecular weight excluding hydrogens is 258 g/mol. The van der Waals surface area contributed by atoms with Gasteiger partial charge in [-0.15, -0.1) is 0 Å². The number of nitrogens with zero attached hydrogens (tertiary/aromatic N) is 1. The van der Waals surface area contributed by atoms with Crippen LogP contribution in [-0.4, -0.2) is 22.7 Å². The fraction of sp³-hybridized carbons (Fsp3) is 0.200. The monoisotopic (exact) mass is 273 g/mol. The number of rotatable bonds is 5. The van der Waals surface area contributed by atoms with E-state index in [0.717, 1.165) is 0 Å². The van der Waals surface area contributed by atoms with Crippen LogP contribution in [0.4, 0.5) is 0 Å². The molecule has 5 heteroatoms. The highest BCUT2D eigenvalue weighted by Crippen LogP contribution is 2.24. The molecule has 0 spiro atoms. The highest BCUT2D eigenvalue weighted by Gasteiger charge is 2.08. The molecule has 0 unspecified atom stereocenters. The topological polar surface area (TPSA) is 68.7 Å². The maximum atomic E-state index is 10.9. The Labute approximate surface area is 116 Å². The molecule has 0 aliphatic heterocycles. The van der Waals surface area contributed by atoms with E-state index in [2.05, 4.69) is 4.98 Å². The zero-order valence-corrected chi connectivity index (χ0v) is 11.3. The summed E-state index contributed by atoms with van der Waals surface area (Å²) in [6, 6.07) is 10.0. The van der Waals surface area contributed by atoms with E-state index in [-0.39, 0.29) is 5.56 Å². The van der Waals surface area contributed by atoms with Gasteiger partial charge in [0.2, 0.25) is 11.8 Å². The lowest BCUT2D eigenvalue weighted by molar-refractivity contribution is 0.0696.